The van der Waals surface area contributed by atoms with Crippen LogP contribution in [0.1, 0.15) is 25.1 Å². The molecular formula is C14H21F3N4O2. The van der Waals surface area contributed by atoms with E-state index in [9.17, 15) is 23.1 Å². The number of halogens is 3. The zero-order chi connectivity index (χ0) is 17.1. The van der Waals surface area contributed by atoms with Crippen molar-refractivity contribution < 1.29 is 23.1 Å². The molecule has 1 aliphatic heterocycles. The van der Waals surface area contributed by atoms with Gasteiger partial charge in [0.05, 0.1) is 5.92 Å². The van der Waals surface area contributed by atoms with Crippen molar-refractivity contribution in [2.45, 2.75) is 31.0 Å². The first-order valence-electron chi connectivity index (χ1n) is 7.51. The third-order valence-electron chi connectivity index (χ3n) is 4.11. The minimum atomic E-state index is -4.89. The van der Waals surface area contributed by atoms with Crippen molar-refractivity contribution in [3.63, 3.8) is 0 Å². The Hall–Kier alpha value is -1.61. The molecule has 1 aromatic heterocycles. The number of rotatable bonds is 5. The van der Waals surface area contributed by atoms with E-state index in [0.717, 1.165) is 17.5 Å². The van der Waals surface area contributed by atoms with Gasteiger partial charge in [0.15, 0.2) is 0 Å². The molecule has 0 unspecified atom stereocenters. The number of aliphatic hydroxyl groups is 1. The van der Waals surface area contributed by atoms with Crippen LogP contribution in [0.15, 0.2) is 12.4 Å². The molecule has 130 valence electrons. The van der Waals surface area contributed by atoms with Gasteiger partial charge in [-0.05, 0) is 19.4 Å². The third-order valence-corrected chi connectivity index (χ3v) is 4.11. The van der Waals surface area contributed by atoms with Crippen LogP contribution in [0.25, 0.3) is 0 Å². The smallest absolute Gasteiger partial charge is 0.374 e. The lowest BCUT2D eigenvalue weighted by atomic mass is 9.96. The van der Waals surface area contributed by atoms with Gasteiger partial charge < -0.3 is 20.3 Å². The van der Waals surface area contributed by atoms with Crippen molar-refractivity contribution >= 4 is 5.91 Å². The van der Waals surface area contributed by atoms with Crippen molar-refractivity contribution in [3.05, 3.63) is 18.2 Å². The molecule has 2 heterocycles. The molecule has 1 amide bonds. The summed E-state index contributed by atoms with van der Waals surface area (Å²) in [5.41, 5.74) is -3.09. The Morgan fingerprint density at radius 2 is 2.30 bits per heavy atom. The number of hydrogen-bond donors (Lipinski definition) is 3. The number of carbonyl (C=O) groups is 1. The standard InChI is InChI=1S/C14H21F3N4O2/c1-21-8-7-20-12(21)13(23,14(15,16)17)4-6-19-11(22)10-3-2-5-18-9-10/h7-8,10,18,23H,2-6,9H2,1H3,(H,19,22)/t10-,13-/m1/s1. The van der Waals surface area contributed by atoms with Gasteiger partial charge in [-0.1, -0.05) is 0 Å². The van der Waals surface area contributed by atoms with E-state index in [1.54, 1.807) is 0 Å². The molecular weight excluding hydrogens is 313 g/mol. The van der Waals surface area contributed by atoms with Gasteiger partial charge in [-0.15, -0.1) is 0 Å². The summed E-state index contributed by atoms with van der Waals surface area (Å²) in [6.07, 6.45) is -1.48. The average Bonchev–Trinajstić information content (AvgIpc) is 2.93. The maximum Gasteiger partial charge on any atom is 0.424 e. The van der Waals surface area contributed by atoms with Crippen LogP contribution in [-0.2, 0) is 17.4 Å². The fourth-order valence-electron chi connectivity index (χ4n) is 2.73. The molecule has 0 aliphatic carbocycles. The second-order valence-electron chi connectivity index (χ2n) is 5.80. The van der Waals surface area contributed by atoms with Crippen LogP contribution < -0.4 is 10.6 Å². The van der Waals surface area contributed by atoms with Gasteiger partial charge >= 0.3 is 6.18 Å². The van der Waals surface area contributed by atoms with E-state index in [0.29, 0.717) is 13.0 Å². The first kappa shape index (κ1) is 17.7. The maximum absolute atomic E-state index is 13.3. The molecule has 1 saturated heterocycles. The lowest BCUT2D eigenvalue weighted by Gasteiger charge is -2.30. The number of hydrogen-bond acceptors (Lipinski definition) is 4. The van der Waals surface area contributed by atoms with Gasteiger partial charge in [-0.25, -0.2) is 4.98 Å². The zero-order valence-electron chi connectivity index (χ0n) is 12.9. The summed E-state index contributed by atoms with van der Waals surface area (Å²) in [4.78, 5) is 15.6. The molecule has 2 rings (SSSR count). The molecule has 9 heteroatoms. The molecule has 6 nitrogen and oxygen atoms in total. The number of aryl methyl sites for hydroxylation is 1. The summed E-state index contributed by atoms with van der Waals surface area (Å²) in [6.45, 7) is 1.09. The SMILES string of the molecule is Cn1ccnc1[C@](O)(CCNC(=O)[C@@H]1CCCNC1)C(F)(F)F. The van der Waals surface area contributed by atoms with E-state index in [1.165, 1.54) is 19.4 Å². The Morgan fingerprint density at radius 1 is 1.57 bits per heavy atom. The number of aromatic nitrogens is 2. The Balaban J connectivity index is 2.00. The summed E-state index contributed by atoms with van der Waals surface area (Å²) in [6, 6.07) is 0. The van der Waals surface area contributed by atoms with Crippen LogP contribution in [0.2, 0.25) is 0 Å². The molecule has 23 heavy (non-hydrogen) atoms. The van der Waals surface area contributed by atoms with Gasteiger partial charge in [0.25, 0.3) is 0 Å². The van der Waals surface area contributed by atoms with E-state index in [-0.39, 0.29) is 18.4 Å². The summed E-state index contributed by atoms with van der Waals surface area (Å²) in [7, 11) is 1.38. The normalized spacial score (nSPS) is 21.7. The zero-order valence-corrected chi connectivity index (χ0v) is 12.9. The van der Waals surface area contributed by atoms with Crippen LogP contribution in [0.3, 0.4) is 0 Å². The van der Waals surface area contributed by atoms with E-state index in [1.807, 2.05) is 0 Å². The van der Waals surface area contributed by atoms with Crippen molar-refractivity contribution in [1.29, 1.82) is 0 Å². The molecule has 0 bridgehead atoms. The van der Waals surface area contributed by atoms with Crippen molar-refractivity contribution in [3.8, 4) is 0 Å². The molecule has 0 radical (unpaired) electrons. The summed E-state index contributed by atoms with van der Waals surface area (Å²) in [5.74, 6) is -1.02. The van der Waals surface area contributed by atoms with Gasteiger partial charge in [0.1, 0.15) is 5.82 Å². The largest absolute Gasteiger partial charge is 0.424 e. The highest BCUT2D eigenvalue weighted by atomic mass is 19.4. The van der Waals surface area contributed by atoms with Gasteiger partial charge in [0.2, 0.25) is 11.5 Å². The molecule has 0 spiro atoms. The molecule has 1 aliphatic rings. The number of imidazole rings is 1. The second kappa shape index (κ2) is 6.88. The molecule has 3 N–H and O–H groups in total. The van der Waals surface area contributed by atoms with E-state index in [2.05, 4.69) is 15.6 Å². The second-order valence-corrected chi connectivity index (χ2v) is 5.80. The number of carbonyl (C=O) groups excluding carboxylic acids is 1. The maximum atomic E-state index is 13.3. The minimum absolute atomic E-state index is 0.240. The first-order chi connectivity index (χ1) is 10.8. The Labute approximate surface area is 132 Å². The number of nitrogens with zero attached hydrogens (tertiary/aromatic N) is 2. The highest BCUT2D eigenvalue weighted by Gasteiger charge is 2.57. The van der Waals surface area contributed by atoms with Gasteiger partial charge in [-0.3, -0.25) is 4.79 Å². The van der Waals surface area contributed by atoms with E-state index >= 15 is 0 Å². The van der Waals surface area contributed by atoms with Crippen LogP contribution in [0.5, 0.6) is 0 Å². The van der Waals surface area contributed by atoms with Crippen LogP contribution in [0, 0.1) is 5.92 Å². The topological polar surface area (TPSA) is 79.2 Å². The molecule has 1 fully saturated rings. The third kappa shape index (κ3) is 3.84. The molecule has 0 aromatic carbocycles. The highest BCUT2D eigenvalue weighted by molar-refractivity contribution is 5.78. The van der Waals surface area contributed by atoms with E-state index < -0.39 is 24.0 Å². The number of nitrogens with one attached hydrogen (secondary N) is 2. The minimum Gasteiger partial charge on any atom is -0.374 e. The summed E-state index contributed by atoms with van der Waals surface area (Å²) < 4.78 is 41.0. The lowest BCUT2D eigenvalue weighted by Crippen LogP contribution is -2.47. The number of alkyl halides is 3. The summed E-state index contributed by atoms with van der Waals surface area (Å²) in [5, 5.41) is 15.7. The molecule has 2 atom stereocenters. The van der Waals surface area contributed by atoms with Crippen molar-refractivity contribution in [1.82, 2.24) is 20.2 Å². The number of piperidine rings is 1. The number of amides is 1. The first-order valence-corrected chi connectivity index (χ1v) is 7.51. The predicted octanol–water partition coefficient (Wildman–Crippen LogP) is 0.676. The average molecular weight is 334 g/mol. The Morgan fingerprint density at radius 3 is 2.83 bits per heavy atom. The monoisotopic (exact) mass is 334 g/mol. The predicted molar refractivity (Wildman–Crippen MR) is 76.4 cm³/mol. The van der Waals surface area contributed by atoms with Gasteiger partial charge in [-0.2, -0.15) is 13.2 Å². The Bertz CT molecular complexity index is 540. The molecule has 0 saturated carbocycles. The fourth-order valence-corrected chi connectivity index (χ4v) is 2.73. The van der Waals surface area contributed by atoms with Crippen LogP contribution >= 0.6 is 0 Å². The van der Waals surface area contributed by atoms with E-state index in [4.69, 9.17) is 0 Å². The Kier molecular flexibility index (Phi) is 5.30. The fraction of sp³-hybridized carbons (Fsp3) is 0.714. The lowest BCUT2D eigenvalue weighted by molar-refractivity contribution is -0.272. The van der Waals surface area contributed by atoms with Crippen LogP contribution in [0.4, 0.5) is 13.2 Å². The van der Waals surface area contributed by atoms with Crippen LogP contribution in [-0.4, -0.2) is 46.4 Å². The quantitative estimate of drug-likeness (QED) is 0.740. The molecule has 1 aromatic rings. The summed E-state index contributed by atoms with van der Waals surface area (Å²) >= 11 is 0. The van der Waals surface area contributed by atoms with Crippen molar-refractivity contribution in [2.75, 3.05) is 19.6 Å². The van der Waals surface area contributed by atoms with Gasteiger partial charge in [0, 0.05) is 39.0 Å². The highest BCUT2D eigenvalue weighted by Crippen LogP contribution is 2.40. The van der Waals surface area contributed by atoms with Crippen molar-refractivity contribution in [2.24, 2.45) is 13.0 Å².